The molecule has 0 aliphatic carbocycles. The van der Waals surface area contributed by atoms with E-state index < -0.39 is 5.97 Å². The summed E-state index contributed by atoms with van der Waals surface area (Å²) >= 11 is 0. The number of rotatable bonds is 3. The number of carboxylic acid groups (broad SMARTS) is 1. The molecule has 0 aromatic heterocycles. The van der Waals surface area contributed by atoms with Crippen LogP contribution in [0.15, 0.2) is 11.6 Å². The smallest absolute Gasteiger partial charge is 0.331 e. The third kappa shape index (κ3) is 4.35. The first-order valence-electron chi connectivity index (χ1n) is 2.81. The zero-order valence-corrected chi connectivity index (χ0v) is 6.65. The molecule has 0 aromatic carbocycles. The van der Waals surface area contributed by atoms with Gasteiger partial charge in [0.25, 0.3) is 0 Å². The highest BCUT2D eigenvalue weighted by Gasteiger charge is 2.02. The molecule has 0 saturated heterocycles. The summed E-state index contributed by atoms with van der Waals surface area (Å²) in [5, 5.41) is 8.38. The number of hydrogen-bond acceptors (Lipinski definition) is 2. The number of aliphatic carboxylic acids is 1. The predicted molar refractivity (Wildman–Crippen MR) is 42.3 cm³/mol. The molecule has 0 aromatic rings. The second kappa shape index (κ2) is 6.58. The first-order valence-corrected chi connectivity index (χ1v) is 2.81. The molecule has 60 valence electrons. The molecule has 10 heavy (non-hydrogen) atoms. The number of allylic oxidation sites excluding steroid dienone is 1. The third-order valence-electron chi connectivity index (χ3n) is 1.04. The summed E-state index contributed by atoms with van der Waals surface area (Å²) in [5.41, 5.74) is 5.53. The van der Waals surface area contributed by atoms with Crippen LogP contribution in [0, 0.1) is 0 Å². The first kappa shape index (κ1) is 12.2. The molecule has 0 aliphatic heterocycles. The van der Waals surface area contributed by atoms with Crippen LogP contribution in [0.25, 0.3) is 0 Å². The Morgan fingerprint density at radius 3 is 2.30 bits per heavy atom. The summed E-state index contributed by atoms with van der Waals surface area (Å²) in [7, 11) is 0. The second-order valence-electron chi connectivity index (χ2n) is 1.66. The van der Waals surface area contributed by atoms with E-state index in [1.54, 1.807) is 13.0 Å². The highest BCUT2D eigenvalue weighted by molar-refractivity contribution is 5.86. The molecular formula is C6H12ClNO2. The van der Waals surface area contributed by atoms with Crippen molar-refractivity contribution in [1.29, 1.82) is 0 Å². The maximum absolute atomic E-state index is 10.2. The van der Waals surface area contributed by atoms with Gasteiger partial charge in [0.05, 0.1) is 0 Å². The lowest BCUT2D eigenvalue weighted by Gasteiger charge is -1.95. The van der Waals surface area contributed by atoms with Gasteiger partial charge in [0, 0.05) is 5.57 Å². The van der Waals surface area contributed by atoms with Gasteiger partial charge >= 0.3 is 5.97 Å². The van der Waals surface area contributed by atoms with Gasteiger partial charge in [-0.05, 0) is 19.9 Å². The number of carboxylic acids is 1. The van der Waals surface area contributed by atoms with E-state index in [0.29, 0.717) is 18.5 Å². The molecule has 0 aliphatic rings. The summed E-state index contributed by atoms with van der Waals surface area (Å²) in [5.74, 6) is -0.872. The molecule has 0 radical (unpaired) electrons. The Hall–Kier alpha value is -0.540. The van der Waals surface area contributed by atoms with Crippen LogP contribution < -0.4 is 5.73 Å². The van der Waals surface area contributed by atoms with Gasteiger partial charge in [0.2, 0.25) is 0 Å². The Morgan fingerprint density at radius 2 is 2.20 bits per heavy atom. The van der Waals surface area contributed by atoms with Crippen LogP contribution in [0.1, 0.15) is 13.3 Å². The maximum Gasteiger partial charge on any atom is 0.331 e. The van der Waals surface area contributed by atoms with Gasteiger partial charge in [-0.2, -0.15) is 0 Å². The molecule has 0 heterocycles. The zero-order chi connectivity index (χ0) is 7.28. The highest BCUT2D eigenvalue weighted by atomic mass is 35.5. The van der Waals surface area contributed by atoms with E-state index >= 15 is 0 Å². The van der Waals surface area contributed by atoms with E-state index in [0.717, 1.165) is 0 Å². The van der Waals surface area contributed by atoms with Gasteiger partial charge in [-0.15, -0.1) is 12.4 Å². The Morgan fingerprint density at radius 1 is 1.70 bits per heavy atom. The monoisotopic (exact) mass is 165 g/mol. The second-order valence-corrected chi connectivity index (χ2v) is 1.66. The Bertz CT molecular complexity index is 134. The molecule has 0 saturated carbocycles. The van der Waals surface area contributed by atoms with Crippen molar-refractivity contribution in [3.05, 3.63) is 11.6 Å². The SMILES string of the molecule is C/C=C(\CCN)C(=O)O.Cl. The van der Waals surface area contributed by atoms with Gasteiger partial charge in [-0.1, -0.05) is 6.08 Å². The molecule has 0 amide bonds. The van der Waals surface area contributed by atoms with Crippen molar-refractivity contribution in [2.75, 3.05) is 6.54 Å². The van der Waals surface area contributed by atoms with Crippen LogP contribution in [0.3, 0.4) is 0 Å². The lowest BCUT2D eigenvalue weighted by molar-refractivity contribution is -0.132. The van der Waals surface area contributed by atoms with Gasteiger partial charge in [-0.3, -0.25) is 0 Å². The quantitative estimate of drug-likeness (QED) is 0.608. The minimum atomic E-state index is -0.872. The Labute approximate surface area is 66.3 Å². The van der Waals surface area contributed by atoms with E-state index in [9.17, 15) is 4.79 Å². The molecular weight excluding hydrogens is 154 g/mol. The fourth-order valence-electron chi connectivity index (χ4n) is 0.530. The van der Waals surface area contributed by atoms with E-state index in [2.05, 4.69) is 0 Å². The minimum absolute atomic E-state index is 0. The highest BCUT2D eigenvalue weighted by Crippen LogP contribution is 1.97. The normalized spacial score (nSPS) is 10.4. The first-order chi connectivity index (χ1) is 4.22. The molecule has 0 fully saturated rings. The van der Waals surface area contributed by atoms with Crippen molar-refractivity contribution in [2.45, 2.75) is 13.3 Å². The number of halogens is 1. The van der Waals surface area contributed by atoms with Crippen molar-refractivity contribution >= 4 is 18.4 Å². The average Bonchev–Trinajstić information content (AvgIpc) is 1.82. The fraction of sp³-hybridized carbons (Fsp3) is 0.500. The minimum Gasteiger partial charge on any atom is -0.478 e. The molecule has 3 nitrogen and oxygen atoms in total. The predicted octanol–water partition coefficient (Wildman–Crippen LogP) is 0.788. The third-order valence-corrected chi connectivity index (χ3v) is 1.04. The lowest BCUT2D eigenvalue weighted by Crippen LogP contribution is -2.07. The molecule has 0 spiro atoms. The van der Waals surface area contributed by atoms with Gasteiger partial charge < -0.3 is 10.8 Å². The lowest BCUT2D eigenvalue weighted by atomic mass is 10.2. The molecule has 0 unspecified atom stereocenters. The van der Waals surface area contributed by atoms with Crippen LogP contribution in [0.2, 0.25) is 0 Å². The van der Waals surface area contributed by atoms with E-state index in [1.165, 1.54) is 0 Å². The van der Waals surface area contributed by atoms with Gasteiger partial charge in [0.15, 0.2) is 0 Å². The number of nitrogens with two attached hydrogens (primary N) is 1. The zero-order valence-electron chi connectivity index (χ0n) is 5.83. The van der Waals surface area contributed by atoms with Crippen LogP contribution in [0.4, 0.5) is 0 Å². The van der Waals surface area contributed by atoms with Crippen molar-refractivity contribution < 1.29 is 9.90 Å². The fourth-order valence-corrected chi connectivity index (χ4v) is 0.530. The standard InChI is InChI=1S/C6H11NO2.ClH/c1-2-5(3-4-7)6(8)9;/h2H,3-4,7H2,1H3,(H,8,9);1H/b5-2+;. The number of carbonyl (C=O) groups is 1. The Kier molecular flexibility index (Phi) is 8.00. The topological polar surface area (TPSA) is 63.3 Å². The van der Waals surface area contributed by atoms with Gasteiger partial charge in [0.1, 0.15) is 0 Å². The molecule has 0 atom stereocenters. The van der Waals surface area contributed by atoms with Crippen molar-refractivity contribution in [2.24, 2.45) is 5.73 Å². The van der Waals surface area contributed by atoms with E-state index in [-0.39, 0.29) is 12.4 Å². The van der Waals surface area contributed by atoms with Crippen molar-refractivity contribution in [3.8, 4) is 0 Å². The van der Waals surface area contributed by atoms with Gasteiger partial charge in [-0.25, -0.2) is 4.79 Å². The van der Waals surface area contributed by atoms with Crippen LogP contribution >= 0.6 is 12.4 Å². The van der Waals surface area contributed by atoms with E-state index in [4.69, 9.17) is 10.8 Å². The molecule has 4 heteroatoms. The summed E-state index contributed by atoms with van der Waals surface area (Å²) in [6.45, 7) is 2.09. The largest absolute Gasteiger partial charge is 0.478 e. The molecule has 3 N–H and O–H groups in total. The van der Waals surface area contributed by atoms with Crippen LogP contribution in [0.5, 0.6) is 0 Å². The maximum atomic E-state index is 10.2. The number of hydrogen-bond donors (Lipinski definition) is 2. The molecule has 0 bridgehead atoms. The molecule has 0 rings (SSSR count). The Balaban J connectivity index is 0. The van der Waals surface area contributed by atoms with Crippen molar-refractivity contribution in [1.82, 2.24) is 0 Å². The van der Waals surface area contributed by atoms with E-state index in [1.807, 2.05) is 0 Å². The average molecular weight is 166 g/mol. The van der Waals surface area contributed by atoms with Crippen molar-refractivity contribution in [3.63, 3.8) is 0 Å². The van der Waals surface area contributed by atoms with Crippen LogP contribution in [-0.4, -0.2) is 17.6 Å². The summed E-state index contributed by atoms with van der Waals surface area (Å²) in [6, 6.07) is 0. The summed E-state index contributed by atoms with van der Waals surface area (Å²) in [6.07, 6.45) is 2.01. The summed E-state index contributed by atoms with van der Waals surface area (Å²) < 4.78 is 0. The summed E-state index contributed by atoms with van der Waals surface area (Å²) in [4.78, 5) is 10.2. The van der Waals surface area contributed by atoms with Crippen LogP contribution in [-0.2, 0) is 4.79 Å².